The Bertz CT molecular complexity index is 790. The maximum atomic E-state index is 10.9. The molecular weight excluding hydrogens is 637 g/mol. The molecule has 9 heteroatoms. The monoisotopic (exact) mass is 715 g/mol. The fraction of sp³-hybridized carbons (Fsp3) is 0.925. The molecule has 8 nitrogen and oxygen atoms in total. The van der Waals surface area contributed by atoms with Crippen molar-refractivity contribution in [1.29, 1.82) is 0 Å². The van der Waals surface area contributed by atoms with Crippen molar-refractivity contribution >= 4 is 17.3 Å². The molecule has 0 saturated heterocycles. The van der Waals surface area contributed by atoms with E-state index < -0.39 is 42.7 Å². The van der Waals surface area contributed by atoms with Crippen molar-refractivity contribution in [2.45, 2.75) is 223 Å². The van der Waals surface area contributed by atoms with Crippen LogP contribution in [0.15, 0.2) is 12.2 Å². The molecule has 290 valence electrons. The smallest absolute Gasteiger partial charge is 0.166 e. The summed E-state index contributed by atoms with van der Waals surface area (Å²) >= 11 is 5.51. The van der Waals surface area contributed by atoms with Gasteiger partial charge in [-0.25, -0.2) is 0 Å². The van der Waals surface area contributed by atoms with Crippen LogP contribution in [0.3, 0.4) is 0 Å². The molecule has 0 aliphatic heterocycles. The fourth-order valence-electron chi connectivity index (χ4n) is 6.60. The Labute approximate surface area is 306 Å². The predicted octanol–water partition coefficient (Wildman–Crippen LogP) is 7.76. The van der Waals surface area contributed by atoms with Crippen LogP contribution in [0.5, 0.6) is 0 Å². The SMILES string of the molecule is CCCCCCCCCCCCCCCCCCCCCCCCNC(=S)NC(COC1C/C=C\CC(O)C(O)C1O)C(O)CC(O)CC. The van der Waals surface area contributed by atoms with E-state index in [9.17, 15) is 25.5 Å². The Morgan fingerprint density at radius 2 is 1.12 bits per heavy atom. The first-order chi connectivity index (χ1) is 23.8. The summed E-state index contributed by atoms with van der Waals surface area (Å²) in [5.74, 6) is 0. The zero-order chi connectivity index (χ0) is 36.0. The number of aliphatic hydroxyl groups excluding tert-OH is 5. The molecule has 0 fully saturated rings. The lowest BCUT2D eigenvalue weighted by molar-refractivity contribution is -0.128. The average Bonchev–Trinajstić information content (AvgIpc) is 3.09. The third kappa shape index (κ3) is 24.9. The molecule has 0 radical (unpaired) electrons. The van der Waals surface area contributed by atoms with Gasteiger partial charge in [0.25, 0.3) is 0 Å². The number of thiocarbonyl (C=S) groups is 1. The van der Waals surface area contributed by atoms with Gasteiger partial charge in [0.15, 0.2) is 5.11 Å². The number of hydrogen-bond donors (Lipinski definition) is 7. The summed E-state index contributed by atoms with van der Waals surface area (Å²) in [5.41, 5.74) is 0. The van der Waals surface area contributed by atoms with Crippen molar-refractivity contribution in [1.82, 2.24) is 10.6 Å². The lowest BCUT2D eigenvalue weighted by atomic mass is 9.95. The van der Waals surface area contributed by atoms with E-state index in [2.05, 4.69) is 17.6 Å². The summed E-state index contributed by atoms with van der Waals surface area (Å²) < 4.78 is 5.94. The highest BCUT2D eigenvalue weighted by Crippen LogP contribution is 2.19. The Balaban J connectivity index is 2.09. The molecule has 1 aliphatic carbocycles. The van der Waals surface area contributed by atoms with Gasteiger partial charge in [0.1, 0.15) is 12.2 Å². The van der Waals surface area contributed by atoms with Crippen LogP contribution in [0, 0.1) is 0 Å². The minimum Gasteiger partial charge on any atom is -0.393 e. The molecule has 0 aromatic rings. The fourth-order valence-corrected chi connectivity index (χ4v) is 6.85. The molecule has 0 aromatic carbocycles. The summed E-state index contributed by atoms with van der Waals surface area (Å²) in [4.78, 5) is 0. The quantitative estimate of drug-likeness (QED) is 0.0219. The van der Waals surface area contributed by atoms with Gasteiger partial charge in [0, 0.05) is 13.0 Å². The Hall–Kier alpha value is -0.810. The number of aliphatic hydroxyl groups is 5. The highest BCUT2D eigenvalue weighted by molar-refractivity contribution is 7.80. The molecule has 7 N–H and O–H groups in total. The summed E-state index contributed by atoms with van der Waals surface area (Å²) in [6, 6.07) is -0.616. The van der Waals surface area contributed by atoms with E-state index in [1.807, 2.05) is 13.0 Å². The topological polar surface area (TPSA) is 134 Å². The number of nitrogens with one attached hydrogen (secondary N) is 2. The first-order valence-corrected chi connectivity index (χ1v) is 20.9. The van der Waals surface area contributed by atoms with Gasteiger partial charge in [0.2, 0.25) is 0 Å². The highest BCUT2D eigenvalue weighted by atomic mass is 32.1. The van der Waals surface area contributed by atoms with E-state index in [0.29, 0.717) is 18.0 Å². The van der Waals surface area contributed by atoms with Gasteiger partial charge < -0.3 is 40.9 Å². The molecule has 7 unspecified atom stereocenters. The van der Waals surface area contributed by atoms with Crippen LogP contribution in [0.25, 0.3) is 0 Å². The van der Waals surface area contributed by atoms with Crippen LogP contribution in [0.4, 0.5) is 0 Å². The van der Waals surface area contributed by atoms with Gasteiger partial charge in [-0.3, -0.25) is 0 Å². The molecule has 0 aromatic heterocycles. The first-order valence-electron chi connectivity index (χ1n) is 20.5. The van der Waals surface area contributed by atoms with Crippen molar-refractivity contribution in [3.8, 4) is 0 Å². The summed E-state index contributed by atoms with van der Waals surface area (Å²) in [6.45, 7) is 4.89. The molecule has 0 saturated carbocycles. The number of hydrogen-bond acceptors (Lipinski definition) is 7. The van der Waals surface area contributed by atoms with Crippen molar-refractivity contribution in [3.05, 3.63) is 12.2 Å². The third-order valence-corrected chi connectivity index (χ3v) is 10.4. The van der Waals surface area contributed by atoms with Crippen molar-refractivity contribution in [2.24, 2.45) is 0 Å². The predicted molar refractivity (Wildman–Crippen MR) is 208 cm³/mol. The molecule has 7 atom stereocenters. The lowest BCUT2D eigenvalue weighted by Gasteiger charge is -2.33. The molecule has 0 spiro atoms. The molecule has 1 aliphatic rings. The highest BCUT2D eigenvalue weighted by Gasteiger charge is 2.33. The van der Waals surface area contributed by atoms with Crippen LogP contribution in [0.2, 0.25) is 0 Å². The maximum Gasteiger partial charge on any atom is 0.166 e. The van der Waals surface area contributed by atoms with Crippen molar-refractivity contribution < 1.29 is 30.3 Å². The second-order valence-corrected chi connectivity index (χ2v) is 15.1. The molecule has 0 amide bonds. The Kier molecular flexibility index (Phi) is 30.1. The van der Waals surface area contributed by atoms with Gasteiger partial charge in [-0.15, -0.1) is 0 Å². The number of unbranched alkanes of at least 4 members (excludes halogenated alkanes) is 21. The van der Waals surface area contributed by atoms with Crippen molar-refractivity contribution in [3.63, 3.8) is 0 Å². The molecule has 0 bridgehead atoms. The van der Waals surface area contributed by atoms with E-state index >= 15 is 0 Å². The summed E-state index contributed by atoms with van der Waals surface area (Å²) in [5, 5.41) is 58.6. The molecule has 49 heavy (non-hydrogen) atoms. The van der Waals surface area contributed by atoms with E-state index in [4.69, 9.17) is 17.0 Å². The molecule has 0 heterocycles. The van der Waals surface area contributed by atoms with E-state index in [0.717, 1.165) is 19.4 Å². The van der Waals surface area contributed by atoms with Crippen molar-refractivity contribution in [2.75, 3.05) is 13.2 Å². The molecular formula is C40H78N2O6S. The number of ether oxygens (including phenoxy) is 1. The minimum atomic E-state index is -1.32. The van der Waals surface area contributed by atoms with E-state index in [-0.39, 0.29) is 19.4 Å². The lowest BCUT2D eigenvalue weighted by Crippen LogP contribution is -2.52. The maximum absolute atomic E-state index is 10.9. The largest absolute Gasteiger partial charge is 0.393 e. The zero-order valence-corrected chi connectivity index (χ0v) is 32.4. The average molecular weight is 715 g/mol. The van der Waals surface area contributed by atoms with Crippen LogP contribution < -0.4 is 10.6 Å². The number of rotatable bonds is 31. The summed E-state index contributed by atoms with van der Waals surface area (Å²) in [7, 11) is 0. The van der Waals surface area contributed by atoms with Crippen LogP contribution in [-0.4, -0.2) is 86.5 Å². The van der Waals surface area contributed by atoms with Gasteiger partial charge in [-0.1, -0.05) is 161 Å². The minimum absolute atomic E-state index is 0.0111. The second kappa shape index (κ2) is 31.9. The van der Waals surface area contributed by atoms with Gasteiger partial charge in [-0.2, -0.15) is 0 Å². The normalized spacial score (nSPS) is 22.2. The second-order valence-electron chi connectivity index (χ2n) is 14.7. The molecule has 1 rings (SSSR count). The van der Waals surface area contributed by atoms with E-state index in [1.165, 1.54) is 128 Å². The van der Waals surface area contributed by atoms with Crippen LogP contribution in [-0.2, 0) is 4.74 Å². The van der Waals surface area contributed by atoms with Gasteiger partial charge >= 0.3 is 0 Å². The standard InChI is InChI=1S/C40H78N2O6S/c1-3-5-6-7-8-9-10-11-12-13-14-15-16-17-18-19-20-21-22-23-24-27-30-41-40(49)42-34(36(45)31-33(43)4-2)32-48-37-29-26-25-28-35(44)38(46)39(37)47/h25-26,33-39,43-47H,3-24,27-32H2,1-2H3,(H2,41,42,49)/b26-25-. The third-order valence-electron chi connectivity index (χ3n) is 10.1. The zero-order valence-electron chi connectivity index (χ0n) is 31.5. The van der Waals surface area contributed by atoms with Gasteiger partial charge in [0.05, 0.1) is 37.1 Å². The first kappa shape index (κ1) is 46.2. The van der Waals surface area contributed by atoms with Gasteiger partial charge in [-0.05, 0) is 37.9 Å². The Morgan fingerprint density at radius 3 is 1.59 bits per heavy atom. The summed E-state index contributed by atoms with van der Waals surface area (Å²) in [6.07, 6.45) is 28.9. The van der Waals surface area contributed by atoms with Crippen LogP contribution in [0.1, 0.15) is 181 Å². The van der Waals surface area contributed by atoms with E-state index in [1.54, 1.807) is 6.08 Å². The Morgan fingerprint density at radius 1 is 0.673 bits per heavy atom. The van der Waals surface area contributed by atoms with Crippen LogP contribution >= 0.6 is 12.2 Å².